The molecular weight excluding hydrogens is 244 g/mol. The molecule has 0 radical (unpaired) electrons. The van der Waals surface area contributed by atoms with Gasteiger partial charge < -0.3 is 5.32 Å². The fourth-order valence-electron chi connectivity index (χ4n) is 3.26. The zero-order valence-corrected chi connectivity index (χ0v) is 13.7. The average molecular weight is 274 g/mol. The van der Waals surface area contributed by atoms with Crippen molar-refractivity contribution in [2.24, 2.45) is 5.41 Å². The van der Waals surface area contributed by atoms with E-state index in [1.54, 1.807) is 0 Å². The molecule has 112 valence electrons. The lowest BCUT2D eigenvalue weighted by Crippen LogP contribution is -2.48. The Morgan fingerprint density at radius 2 is 1.45 bits per heavy atom. The van der Waals surface area contributed by atoms with Crippen molar-refractivity contribution in [3.63, 3.8) is 0 Å². The number of rotatable bonds is 3. The summed E-state index contributed by atoms with van der Waals surface area (Å²) in [5.41, 5.74) is 3.15. The normalized spacial score (nSPS) is 19.3. The zero-order chi connectivity index (χ0) is 14.8. The van der Waals surface area contributed by atoms with Crippen molar-refractivity contribution in [1.29, 1.82) is 0 Å². The maximum Gasteiger partial charge on any atom is 0.0397 e. The molecule has 0 spiro atoms. The van der Waals surface area contributed by atoms with Crippen LogP contribution in [0.25, 0.3) is 0 Å². The van der Waals surface area contributed by atoms with Crippen molar-refractivity contribution in [1.82, 2.24) is 10.2 Å². The van der Waals surface area contributed by atoms with Gasteiger partial charge in [0.2, 0.25) is 0 Å². The van der Waals surface area contributed by atoms with E-state index in [-0.39, 0.29) is 5.41 Å². The number of benzene rings is 1. The van der Waals surface area contributed by atoms with Crippen LogP contribution in [0.1, 0.15) is 57.7 Å². The molecule has 0 bridgehead atoms. The molecule has 1 aromatic carbocycles. The molecule has 0 saturated carbocycles. The predicted molar refractivity (Wildman–Crippen MR) is 87.2 cm³/mol. The van der Waals surface area contributed by atoms with Gasteiger partial charge in [-0.3, -0.25) is 4.90 Å². The van der Waals surface area contributed by atoms with Gasteiger partial charge in [-0.15, -0.1) is 0 Å². The van der Waals surface area contributed by atoms with Crippen LogP contribution in [0.15, 0.2) is 24.3 Å². The Kier molecular flexibility index (Phi) is 4.87. The Hall–Kier alpha value is -0.860. The predicted octanol–water partition coefficient (Wildman–Crippen LogP) is 3.80. The Morgan fingerprint density at radius 1 is 0.950 bits per heavy atom. The maximum atomic E-state index is 3.45. The Labute approximate surface area is 124 Å². The second kappa shape index (κ2) is 6.28. The number of hydrogen-bond donors (Lipinski definition) is 1. The summed E-state index contributed by atoms with van der Waals surface area (Å²) >= 11 is 0. The minimum atomic E-state index is 0.261. The van der Waals surface area contributed by atoms with Gasteiger partial charge in [-0.05, 0) is 22.5 Å². The summed E-state index contributed by atoms with van der Waals surface area (Å²) in [4.78, 5) is 2.64. The Balaban J connectivity index is 2.26. The highest BCUT2D eigenvalue weighted by Gasteiger charge is 2.32. The molecule has 1 aliphatic rings. The molecule has 1 saturated heterocycles. The van der Waals surface area contributed by atoms with Gasteiger partial charge in [0, 0.05) is 32.2 Å². The van der Waals surface area contributed by atoms with Crippen LogP contribution in [0.3, 0.4) is 0 Å². The van der Waals surface area contributed by atoms with Crippen molar-refractivity contribution in [3.8, 4) is 0 Å². The molecule has 2 nitrogen and oxygen atoms in total. The molecule has 1 N–H and O–H groups in total. The average Bonchev–Trinajstić information content (AvgIpc) is 2.39. The summed E-state index contributed by atoms with van der Waals surface area (Å²) < 4.78 is 0. The van der Waals surface area contributed by atoms with E-state index in [1.807, 2.05) is 0 Å². The Bertz CT molecular complexity index is 408. The van der Waals surface area contributed by atoms with E-state index in [2.05, 4.69) is 69.1 Å². The minimum Gasteiger partial charge on any atom is -0.314 e. The highest BCUT2D eigenvalue weighted by atomic mass is 15.2. The van der Waals surface area contributed by atoms with Crippen molar-refractivity contribution < 1.29 is 0 Å². The zero-order valence-electron chi connectivity index (χ0n) is 13.7. The van der Waals surface area contributed by atoms with Crippen LogP contribution in [0, 0.1) is 5.41 Å². The van der Waals surface area contributed by atoms with E-state index in [0.29, 0.717) is 12.0 Å². The smallest absolute Gasteiger partial charge is 0.0397 e. The summed E-state index contributed by atoms with van der Waals surface area (Å²) in [6, 6.07) is 9.80. The molecule has 20 heavy (non-hydrogen) atoms. The second-order valence-electron chi connectivity index (χ2n) is 7.38. The van der Waals surface area contributed by atoms with Crippen LogP contribution >= 0.6 is 0 Å². The number of hydrogen-bond acceptors (Lipinski definition) is 2. The van der Waals surface area contributed by atoms with Crippen LogP contribution in [0.5, 0.6) is 0 Å². The first-order valence-electron chi connectivity index (χ1n) is 7.94. The number of nitrogens with zero attached hydrogens (tertiary/aromatic N) is 1. The van der Waals surface area contributed by atoms with Gasteiger partial charge in [0.15, 0.2) is 0 Å². The van der Waals surface area contributed by atoms with Crippen LogP contribution < -0.4 is 5.32 Å². The number of nitrogens with one attached hydrogen (secondary N) is 1. The number of piperazine rings is 1. The first kappa shape index (κ1) is 15.5. The molecule has 1 fully saturated rings. The fraction of sp³-hybridized carbons (Fsp3) is 0.667. The second-order valence-corrected chi connectivity index (χ2v) is 7.38. The van der Waals surface area contributed by atoms with Crippen molar-refractivity contribution in [3.05, 3.63) is 35.4 Å². The topological polar surface area (TPSA) is 15.3 Å². The van der Waals surface area contributed by atoms with Crippen LogP contribution in [0.4, 0.5) is 0 Å². The molecule has 0 aliphatic carbocycles. The molecule has 2 rings (SSSR count). The van der Waals surface area contributed by atoms with E-state index < -0.39 is 0 Å². The molecule has 0 unspecified atom stereocenters. The molecule has 0 aromatic heterocycles. The summed E-state index contributed by atoms with van der Waals surface area (Å²) in [5.74, 6) is 0.608. The van der Waals surface area contributed by atoms with Gasteiger partial charge >= 0.3 is 0 Å². The SMILES string of the molecule is CC(C)c1ccc([C@H](N2CCNCC2)C(C)(C)C)cc1. The standard InChI is InChI=1S/C18H30N2/c1-14(2)15-6-8-16(9-7-15)17(18(3,4)5)20-12-10-19-11-13-20/h6-9,14,17,19H,10-13H2,1-5H3/t17-/m0/s1. The van der Waals surface area contributed by atoms with E-state index in [0.717, 1.165) is 26.2 Å². The van der Waals surface area contributed by atoms with E-state index in [4.69, 9.17) is 0 Å². The lowest BCUT2D eigenvalue weighted by molar-refractivity contribution is 0.0862. The summed E-state index contributed by atoms with van der Waals surface area (Å²) in [7, 11) is 0. The van der Waals surface area contributed by atoms with Gasteiger partial charge in [0.1, 0.15) is 0 Å². The molecule has 1 atom stereocenters. The highest BCUT2D eigenvalue weighted by molar-refractivity contribution is 5.28. The molecule has 1 aromatic rings. The minimum absolute atomic E-state index is 0.261. The largest absolute Gasteiger partial charge is 0.314 e. The van der Waals surface area contributed by atoms with Gasteiger partial charge in [-0.2, -0.15) is 0 Å². The fourth-order valence-corrected chi connectivity index (χ4v) is 3.26. The lowest BCUT2D eigenvalue weighted by Gasteiger charge is -2.42. The van der Waals surface area contributed by atoms with Crippen molar-refractivity contribution >= 4 is 0 Å². The van der Waals surface area contributed by atoms with Crippen molar-refractivity contribution in [2.75, 3.05) is 26.2 Å². The summed E-state index contributed by atoms with van der Waals surface area (Å²) in [6.07, 6.45) is 0. The van der Waals surface area contributed by atoms with Crippen molar-refractivity contribution in [2.45, 2.75) is 46.6 Å². The van der Waals surface area contributed by atoms with Gasteiger partial charge in [-0.25, -0.2) is 0 Å². The van der Waals surface area contributed by atoms with E-state index >= 15 is 0 Å². The lowest BCUT2D eigenvalue weighted by atomic mass is 9.80. The van der Waals surface area contributed by atoms with Gasteiger partial charge in [-0.1, -0.05) is 58.9 Å². The van der Waals surface area contributed by atoms with Gasteiger partial charge in [0.25, 0.3) is 0 Å². The van der Waals surface area contributed by atoms with Crippen LogP contribution in [-0.4, -0.2) is 31.1 Å². The Morgan fingerprint density at radius 3 is 1.90 bits per heavy atom. The molecule has 2 heteroatoms. The maximum absolute atomic E-state index is 3.45. The van der Waals surface area contributed by atoms with Gasteiger partial charge in [0.05, 0.1) is 0 Å². The van der Waals surface area contributed by atoms with Crippen LogP contribution in [-0.2, 0) is 0 Å². The highest BCUT2D eigenvalue weighted by Crippen LogP contribution is 2.38. The third-order valence-corrected chi connectivity index (χ3v) is 4.26. The van der Waals surface area contributed by atoms with E-state index in [9.17, 15) is 0 Å². The summed E-state index contributed by atoms with van der Waals surface area (Å²) in [6.45, 7) is 16.1. The molecular formula is C18H30N2. The quantitative estimate of drug-likeness (QED) is 0.902. The third kappa shape index (κ3) is 3.62. The summed E-state index contributed by atoms with van der Waals surface area (Å²) in [5, 5.41) is 3.45. The molecule has 1 aliphatic heterocycles. The first-order chi connectivity index (χ1) is 9.39. The van der Waals surface area contributed by atoms with E-state index in [1.165, 1.54) is 11.1 Å². The van der Waals surface area contributed by atoms with Crippen LogP contribution in [0.2, 0.25) is 0 Å². The monoisotopic (exact) mass is 274 g/mol. The first-order valence-corrected chi connectivity index (χ1v) is 7.94. The molecule has 1 heterocycles. The molecule has 0 amide bonds. The third-order valence-electron chi connectivity index (χ3n) is 4.26.